The molecule has 2 aromatic rings. The zero-order valence-corrected chi connectivity index (χ0v) is 16.9. The van der Waals surface area contributed by atoms with Gasteiger partial charge in [0.15, 0.2) is 0 Å². The van der Waals surface area contributed by atoms with Gasteiger partial charge in [0.1, 0.15) is 17.2 Å². The van der Waals surface area contributed by atoms with Crippen LogP contribution in [0.3, 0.4) is 0 Å². The van der Waals surface area contributed by atoms with Crippen LogP contribution in [0.2, 0.25) is 0 Å². The summed E-state index contributed by atoms with van der Waals surface area (Å²) in [6.07, 6.45) is -0.0139. The molecule has 3 rings (SSSR count). The molecule has 0 spiro atoms. The van der Waals surface area contributed by atoms with Crippen LogP contribution in [-0.2, 0) is 11.2 Å². The minimum atomic E-state index is -0.441. The van der Waals surface area contributed by atoms with Crippen molar-refractivity contribution in [3.8, 4) is 0 Å². The van der Waals surface area contributed by atoms with Crippen LogP contribution in [0.5, 0.6) is 0 Å². The van der Waals surface area contributed by atoms with Crippen LogP contribution in [0.1, 0.15) is 47.2 Å². The maximum absolute atomic E-state index is 13.8. The number of benzene rings is 1. The molecule has 2 heterocycles. The van der Waals surface area contributed by atoms with Crippen LogP contribution in [0.4, 0.5) is 4.39 Å². The Kier molecular flexibility index (Phi) is 6.10. The number of carbonyl (C=O) groups excluding carboxylic acids is 2. The highest BCUT2D eigenvalue weighted by Gasteiger charge is 2.28. The van der Waals surface area contributed by atoms with Crippen LogP contribution in [0, 0.1) is 12.7 Å². The van der Waals surface area contributed by atoms with E-state index in [1.54, 1.807) is 34.9 Å². The van der Waals surface area contributed by atoms with Crippen LogP contribution >= 0.6 is 0 Å². The predicted molar refractivity (Wildman–Crippen MR) is 106 cm³/mol. The van der Waals surface area contributed by atoms with Gasteiger partial charge in [-0.3, -0.25) is 14.4 Å². The average molecular weight is 400 g/mol. The monoisotopic (exact) mass is 400 g/mol. The van der Waals surface area contributed by atoms with E-state index < -0.39 is 11.4 Å². The first kappa shape index (κ1) is 20.7. The van der Waals surface area contributed by atoms with E-state index in [1.807, 2.05) is 13.8 Å². The highest BCUT2D eigenvalue weighted by molar-refractivity contribution is 5.95. The van der Waals surface area contributed by atoms with Gasteiger partial charge >= 0.3 is 0 Å². The molecule has 1 aromatic carbocycles. The van der Waals surface area contributed by atoms with E-state index in [0.29, 0.717) is 43.3 Å². The fourth-order valence-corrected chi connectivity index (χ4v) is 3.37. The lowest BCUT2D eigenvalue weighted by atomic mass is 10.1. The molecule has 29 heavy (non-hydrogen) atoms. The number of hydrogen-bond donors (Lipinski definition) is 1. The second kappa shape index (κ2) is 8.55. The first-order chi connectivity index (χ1) is 13.8. The fourth-order valence-electron chi connectivity index (χ4n) is 3.37. The number of nitrogens with one attached hydrogen (secondary N) is 1. The molecular formula is C21H25FN4O3. The topological polar surface area (TPSA) is 86.4 Å². The predicted octanol–water partition coefficient (Wildman–Crippen LogP) is 1.87. The Morgan fingerprint density at radius 3 is 2.34 bits per heavy atom. The van der Waals surface area contributed by atoms with Gasteiger partial charge in [-0.2, -0.15) is 0 Å². The molecule has 8 heteroatoms. The van der Waals surface area contributed by atoms with Crippen molar-refractivity contribution in [1.29, 1.82) is 0 Å². The Hall–Kier alpha value is -3.03. The zero-order valence-electron chi connectivity index (χ0n) is 16.9. The lowest BCUT2D eigenvalue weighted by Crippen LogP contribution is -2.51. The van der Waals surface area contributed by atoms with Crippen molar-refractivity contribution in [1.82, 2.24) is 19.8 Å². The number of amides is 2. The second-order valence-electron chi connectivity index (χ2n) is 7.51. The van der Waals surface area contributed by atoms with Gasteiger partial charge in [-0.1, -0.05) is 32.0 Å². The highest BCUT2D eigenvalue weighted by atomic mass is 19.1. The van der Waals surface area contributed by atoms with Crippen LogP contribution in [-0.4, -0.2) is 57.8 Å². The standard InChI is InChI=1S/C21H25FN4O3/c1-13(2)19-23-14(3)18(20(28)24-19)21(29)26-10-8-25(9-11-26)17(27)12-15-6-4-5-7-16(15)22/h4-7,13H,8-12H2,1-3H3,(H,23,24,28). The fraction of sp³-hybridized carbons (Fsp3) is 0.429. The summed E-state index contributed by atoms with van der Waals surface area (Å²) >= 11 is 0. The van der Waals surface area contributed by atoms with Gasteiger partial charge in [0.2, 0.25) is 5.91 Å². The van der Waals surface area contributed by atoms with E-state index in [2.05, 4.69) is 9.97 Å². The van der Waals surface area contributed by atoms with Gasteiger partial charge in [0.05, 0.1) is 12.1 Å². The number of H-pyrrole nitrogens is 1. The van der Waals surface area contributed by atoms with Gasteiger partial charge in [-0.05, 0) is 18.6 Å². The average Bonchev–Trinajstić information content (AvgIpc) is 2.69. The van der Waals surface area contributed by atoms with E-state index in [0.717, 1.165) is 0 Å². The molecule has 1 N–H and O–H groups in total. The number of nitrogens with zero attached hydrogens (tertiary/aromatic N) is 3. The number of rotatable bonds is 4. The third-order valence-corrected chi connectivity index (χ3v) is 5.10. The molecule has 154 valence electrons. The number of aryl methyl sites for hydroxylation is 1. The summed E-state index contributed by atoms with van der Waals surface area (Å²) in [4.78, 5) is 47.9. The minimum Gasteiger partial charge on any atom is -0.339 e. The van der Waals surface area contributed by atoms with Crippen molar-refractivity contribution in [2.24, 2.45) is 0 Å². The van der Waals surface area contributed by atoms with Crippen molar-refractivity contribution < 1.29 is 14.0 Å². The number of carbonyl (C=O) groups is 2. The lowest BCUT2D eigenvalue weighted by molar-refractivity contribution is -0.132. The molecule has 0 radical (unpaired) electrons. The summed E-state index contributed by atoms with van der Waals surface area (Å²) in [6.45, 7) is 6.79. The molecule has 1 aliphatic rings. The largest absolute Gasteiger partial charge is 0.339 e. The van der Waals surface area contributed by atoms with Crippen molar-refractivity contribution in [3.05, 3.63) is 63.1 Å². The normalized spacial score (nSPS) is 14.4. The summed E-state index contributed by atoms with van der Waals surface area (Å²) in [5.74, 6) is -0.365. The van der Waals surface area contributed by atoms with Crippen molar-refractivity contribution >= 4 is 11.8 Å². The molecule has 1 aliphatic heterocycles. The van der Waals surface area contributed by atoms with Crippen molar-refractivity contribution in [2.75, 3.05) is 26.2 Å². The first-order valence-corrected chi connectivity index (χ1v) is 9.69. The third kappa shape index (κ3) is 4.52. The molecule has 0 saturated carbocycles. The number of hydrogen-bond acceptors (Lipinski definition) is 4. The minimum absolute atomic E-state index is 0.0139. The molecule has 0 unspecified atom stereocenters. The Labute approximate surface area is 168 Å². The smallest absolute Gasteiger partial charge is 0.264 e. The summed E-state index contributed by atoms with van der Waals surface area (Å²) < 4.78 is 13.8. The number of halogens is 1. The van der Waals surface area contributed by atoms with Crippen molar-refractivity contribution in [3.63, 3.8) is 0 Å². The summed E-state index contributed by atoms with van der Waals surface area (Å²) in [7, 11) is 0. The van der Waals surface area contributed by atoms with Gasteiger partial charge in [-0.15, -0.1) is 0 Å². The molecule has 1 saturated heterocycles. The first-order valence-electron chi connectivity index (χ1n) is 9.69. The molecule has 1 fully saturated rings. The Balaban J connectivity index is 1.65. The maximum Gasteiger partial charge on any atom is 0.264 e. The van der Waals surface area contributed by atoms with Crippen molar-refractivity contribution in [2.45, 2.75) is 33.1 Å². The van der Waals surface area contributed by atoms with Crippen LogP contribution < -0.4 is 5.56 Å². The second-order valence-corrected chi connectivity index (χ2v) is 7.51. The summed E-state index contributed by atoms with van der Waals surface area (Å²) in [6, 6.07) is 6.20. The Bertz CT molecular complexity index is 978. The maximum atomic E-state index is 13.8. The number of aromatic amines is 1. The van der Waals surface area contributed by atoms with Crippen LogP contribution in [0.15, 0.2) is 29.1 Å². The van der Waals surface area contributed by atoms with E-state index >= 15 is 0 Å². The molecular weight excluding hydrogens is 375 g/mol. The van der Waals surface area contributed by atoms with Gasteiger partial charge in [0.25, 0.3) is 11.5 Å². The zero-order chi connectivity index (χ0) is 21.1. The molecule has 0 aliphatic carbocycles. The lowest BCUT2D eigenvalue weighted by Gasteiger charge is -2.35. The van der Waals surface area contributed by atoms with E-state index in [1.165, 1.54) is 6.07 Å². The number of piperazine rings is 1. The number of aromatic nitrogens is 2. The molecule has 7 nitrogen and oxygen atoms in total. The van der Waals surface area contributed by atoms with Gasteiger partial charge < -0.3 is 14.8 Å². The van der Waals surface area contributed by atoms with Gasteiger partial charge in [0, 0.05) is 32.1 Å². The van der Waals surface area contributed by atoms with Gasteiger partial charge in [-0.25, -0.2) is 9.37 Å². The molecule has 0 atom stereocenters. The SMILES string of the molecule is Cc1nc(C(C)C)[nH]c(=O)c1C(=O)N1CCN(C(=O)Cc2ccccc2F)CC1. The van der Waals surface area contributed by atoms with E-state index in [4.69, 9.17) is 0 Å². The summed E-state index contributed by atoms with van der Waals surface area (Å²) in [5.41, 5.74) is 0.361. The molecule has 1 aromatic heterocycles. The van der Waals surface area contributed by atoms with Crippen LogP contribution in [0.25, 0.3) is 0 Å². The Morgan fingerprint density at radius 2 is 1.76 bits per heavy atom. The third-order valence-electron chi connectivity index (χ3n) is 5.10. The quantitative estimate of drug-likeness (QED) is 0.849. The van der Waals surface area contributed by atoms with E-state index in [9.17, 15) is 18.8 Å². The summed E-state index contributed by atoms with van der Waals surface area (Å²) in [5, 5.41) is 0. The Morgan fingerprint density at radius 1 is 1.14 bits per heavy atom. The van der Waals surface area contributed by atoms with E-state index in [-0.39, 0.29) is 29.7 Å². The molecule has 2 amide bonds. The molecule has 0 bridgehead atoms. The highest BCUT2D eigenvalue weighted by Crippen LogP contribution is 2.14.